The molecule has 21 heavy (non-hydrogen) atoms. The van der Waals surface area contributed by atoms with Gasteiger partial charge in [-0.25, -0.2) is 0 Å². The van der Waals surface area contributed by atoms with Gasteiger partial charge in [0.05, 0.1) is 5.69 Å². The van der Waals surface area contributed by atoms with Crippen LogP contribution in [-0.4, -0.2) is 15.7 Å². The van der Waals surface area contributed by atoms with Crippen molar-refractivity contribution in [3.8, 4) is 0 Å². The second-order valence-electron chi connectivity index (χ2n) is 6.19. The molecule has 4 heteroatoms. The summed E-state index contributed by atoms with van der Waals surface area (Å²) in [6, 6.07) is 9.55. The highest BCUT2D eigenvalue weighted by atomic mass is 16.2. The predicted molar refractivity (Wildman–Crippen MR) is 85.4 cm³/mol. The summed E-state index contributed by atoms with van der Waals surface area (Å²) < 4.78 is 1.63. The van der Waals surface area contributed by atoms with E-state index in [1.54, 1.807) is 11.7 Å². The zero-order valence-corrected chi connectivity index (χ0v) is 13.1. The Balaban J connectivity index is 2.18. The first-order valence-electron chi connectivity index (χ1n) is 7.05. The highest BCUT2D eigenvalue weighted by molar-refractivity contribution is 6.03. The quantitative estimate of drug-likeness (QED) is 0.939. The van der Waals surface area contributed by atoms with Gasteiger partial charge < -0.3 is 5.32 Å². The van der Waals surface area contributed by atoms with Gasteiger partial charge in [-0.05, 0) is 37.1 Å². The van der Waals surface area contributed by atoms with Crippen molar-refractivity contribution in [2.24, 2.45) is 7.05 Å². The van der Waals surface area contributed by atoms with Gasteiger partial charge in [0.25, 0.3) is 5.91 Å². The molecule has 0 spiro atoms. The number of nitrogens with one attached hydrogen (secondary N) is 1. The Morgan fingerprint density at radius 2 is 1.90 bits per heavy atom. The number of rotatable bonds is 3. The maximum atomic E-state index is 12.3. The number of anilines is 1. The summed E-state index contributed by atoms with van der Waals surface area (Å²) in [5.41, 5.74) is 3.30. The van der Waals surface area contributed by atoms with E-state index in [2.05, 4.69) is 38.1 Å². The molecule has 0 saturated carbocycles. The van der Waals surface area contributed by atoms with Crippen molar-refractivity contribution < 1.29 is 4.79 Å². The molecular formula is C17H22N3O. The lowest BCUT2D eigenvalue weighted by atomic mass is 9.92. The summed E-state index contributed by atoms with van der Waals surface area (Å²) in [4.78, 5) is 12.3. The van der Waals surface area contributed by atoms with Crippen molar-refractivity contribution in [3.63, 3.8) is 0 Å². The molecule has 1 aromatic carbocycles. The molecule has 1 radical (unpaired) electrons. The number of aryl methyl sites for hydroxylation is 1. The second kappa shape index (κ2) is 5.72. The van der Waals surface area contributed by atoms with Crippen LogP contribution in [0.5, 0.6) is 0 Å². The number of hydrogen-bond acceptors (Lipinski definition) is 2. The first-order valence-corrected chi connectivity index (χ1v) is 7.05. The van der Waals surface area contributed by atoms with Gasteiger partial charge in [-0.15, -0.1) is 0 Å². The molecule has 1 N–H and O–H groups in total. The first kappa shape index (κ1) is 15.3. The fourth-order valence-electron chi connectivity index (χ4n) is 2.00. The lowest BCUT2D eigenvalue weighted by molar-refractivity contribution is 0.101. The Bertz CT molecular complexity index is 633. The topological polar surface area (TPSA) is 46.9 Å². The molecule has 1 aromatic heterocycles. The van der Waals surface area contributed by atoms with Gasteiger partial charge in [0, 0.05) is 18.2 Å². The van der Waals surface area contributed by atoms with Crippen LogP contribution in [-0.2, 0) is 18.9 Å². The molecule has 1 heterocycles. The van der Waals surface area contributed by atoms with E-state index in [0.29, 0.717) is 5.69 Å². The molecule has 0 aliphatic rings. The average molecular weight is 284 g/mol. The van der Waals surface area contributed by atoms with Gasteiger partial charge in [0.15, 0.2) is 0 Å². The third-order valence-electron chi connectivity index (χ3n) is 3.38. The van der Waals surface area contributed by atoms with Crippen molar-refractivity contribution in [1.82, 2.24) is 9.78 Å². The maximum absolute atomic E-state index is 12.3. The molecule has 0 bridgehead atoms. The zero-order valence-electron chi connectivity index (χ0n) is 13.1. The van der Waals surface area contributed by atoms with Gasteiger partial charge in [-0.1, -0.05) is 32.9 Å². The van der Waals surface area contributed by atoms with E-state index in [-0.39, 0.29) is 11.3 Å². The van der Waals surface area contributed by atoms with Crippen molar-refractivity contribution >= 4 is 11.6 Å². The lowest BCUT2D eigenvalue weighted by Gasteiger charge is -2.13. The summed E-state index contributed by atoms with van der Waals surface area (Å²) in [7, 11) is 1.79. The molecule has 0 aliphatic heterocycles. The van der Waals surface area contributed by atoms with E-state index in [1.807, 2.05) is 30.3 Å². The van der Waals surface area contributed by atoms with E-state index in [4.69, 9.17) is 0 Å². The summed E-state index contributed by atoms with van der Waals surface area (Å²) in [6.07, 6.45) is 0.741. The normalized spacial score (nSPS) is 11.5. The highest BCUT2D eigenvalue weighted by Gasteiger charge is 2.21. The van der Waals surface area contributed by atoms with E-state index >= 15 is 0 Å². The van der Waals surface area contributed by atoms with Crippen molar-refractivity contribution in [2.45, 2.75) is 32.6 Å². The van der Waals surface area contributed by atoms with E-state index < -0.39 is 0 Å². The minimum Gasteiger partial charge on any atom is -0.321 e. The van der Waals surface area contributed by atoms with Crippen LogP contribution in [0.2, 0.25) is 0 Å². The van der Waals surface area contributed by atoms with Crippen LogP contribution in [0.1, 0.15) is 42.5 Å². The molecule has 0 unspecified atom stereocenters. The van der Waals surface area contributed by atoms with Gasteiger partial charge in [-0.2, -0.15) is 5.10 Å². The fourth-order valence-corrected chi connectivity index (χ4v) is 2.00. The Morgan fingerprint density at radius 1 is 1.29 bits per heavy atom. The summed E-state index contributed by atoms with van der Waals surface area (Å²) in [6.45, 7) is 10.1. The predicted octanol–water partition coefficient (Wildman–Crippen LogP) is 3.35. The number of carbonyl (C=O) groups is 1. The van der Waals surface area contributed by atoms with Crippen LogP contribution in [0, 0.1) is 6.92 Å². The number of aromatic nitrogens is 2. The van der Waals surface area contributed by atoms with Gasteiger partial charge in [-0.3, -0.25) is 9.48 Å². The van der Waals surface area contributed by atoms with E-state index in [1.165, 1.54) is 0 Å². The molecule has 0 saturated heterocycles. The van der Waals surface area contributed by atoms with Crippen LogP contribution >= 0.6 is 0 Å². The Hall–Kier alpha value is -2.10. The Labute approximate surface area is 126 Å². The smallest absolute Gasteiger partial charge is 0.273 e. The monoisotopic (exact) mass is 284 g/mol. The number of amides is 1. The van der Waals surface area contributed by atoms with Crippen LogP contribution in [0.4, 0.5) is 5.69 Å². The summed E-state index contributed by atoms with van der Waals surface area (Å²) in [5, 5.41) is 7.31. The van der Waals surface area contributed by atoms with Crippen molar-refractivity contribution in [1.29, 1.82) is 0 Å². The molecule has 0 atom stereocenters. The minimum absolute atomic E-state index is 0.0773. The molecule has 2 rings (SSSR count). The van der Waals surface area contributed by atoms with E-state index in [9.17, 15) is 4.79 Å². The molecular weight excluding hydrogens is 262 g/mol. The van der Waals surface area contributed by atoms with Crippen molar-refractivity contribution in [3.05, 3.63) is 54.2 Å². The largest absolute Gasteiger partial charge is 0.321 e. The van der Waals surface area contributed by atoms with Crippen LogP contribution in [0.15, 0.2) is 30.3 Å². The highest BCUT2D eigenvalue weighted by Crippen LogP contribution is 2.22. The number of carbonyl (C=O) groups excluding carboxylic acids is 1. The van der Waals surface area contributed by atoms with Crippen LogP contribution < -0.4 is 5.32 Å². The molecule has 4 nitrogen and oxygen atoms in total. The number of hydrogen-bond donors (Lipinski definition) is 1. The average Bonchev–Trinajstić information content (AvgIpc) is 2.82. The van der Waals surface area contributed by atoms with E-state index in [0.717, 1.165) is 23.4 Å². The van der Waals surface area contributed by atoms with Crippen molar-refractivity contribution in [2.75, 3.05) is 5.32 Å². The zero-order chi connectivity index (χ0) is 15.6. The van der Waals surface area contributed by atoms with Gasteiger partial charge >= 0.3 is 0 Å². The SMILES string of the molecule is [CH2]Cc1ccc(NC(=O)c2cc(C(C)(C)C)nn2C)cc1. The third kappa shape index (κ3) is 3.51. The summed E-state index contributed by atoms with van der Waals surface area (Å²) >= 11 is 0. The van der Waals surface area contributed by atoms with Crippen LogP contribution in [0.3, 0.4) is 0 Å². The Morgan fingerprint density at radius 3 is 2.38 bits per heavy atom. The van der Waals surface area contributed by atoms with Gasteiger partial charge in [0.2, 0.25) is 0 Å². The standard InChI is InChI=1S/C17H22N3O/c1-6-12-7-9-13(10-8-12)18-16(21)14-11-15(17(2,3)4)19-20(14)5/h7-11H,1,6H2,2-5H3,(H,18,21). The number of nitrogens with zero attached hydrogens (tertiary/aromatic N) is 2. The van der Waals surface area contributed by atoms with Crippen LogP contribution in [0.25, 0.3) is 0 Å². The second-order valence-corrected chi connectivity index (χ2v) is 6.19. The maximum Gasteiger partial charge on any atom is 0.273 e. The third-order valence-corrected chi connectivity index (χ3v) is 3.38. The number of benzene rings is 1. The molecule has 1 amide bonds. The molecule has 0 fully saturated rings. The van der Waals surface area contributed by atoms with Gasteiger partial charge in [0.1, 0.15) is 5.69 Å². The Kier molecular flexibility index (Phi) is 4.16. The molecule has 0 aliphatic carbocycles. The first-order chi connectivity index (χ1) is 9.81. The molecule has 111 valence electrons. The minimum atomic E-state index is -0.150. The summed E-state index contributed by atoms with van der Waals surface area (Å²) in [5.74, 6) is -0.150. The molecule has 2 aromatic rings. The fraction of sp³-hybridized carbons (Fsp3) is 0.353. The lowest BCUT2D eigenvalue weighted by Crippen LogP contribution is -2.16.